The molecule has 0 atom stereocenters. The number of anilines is 3. The average molecular weight is 425 g/mol. The zero-order valence-corrected chi connectivity index (χ0v) is 17.5. The van der Waals surface area contributed by atoms with Gasteiger partial charge < -0.3 is 20.5 Å². The molecule has 0 aliphatic heterocycles. The van der Waals surface area contributed by atoms with Crippen molar-refractivity contribution < 1.29 is 19.1 Å². The van der Waals surface area contributed by atoms with Gasteiger partial charge in [-0.1, -0.05) is 6.07 Å². The standard InChI is InChI=1S/C20H23N7O4/c1-11(2)31-20(29)25-16-8-15(13(9-22-16)18(21)28)24-14-7-5-6-12(17(14)30-4)19-23-10-27(3)26-19/h5-11H,1-4H3,(H2,21,28)(H2,22,24,25,29). The van der Waals surface area contributed by atoms with E-state index >= 15 is 0 Å². The van der Waals surface area contributed by atoms with Crippen LogP contribution in [0.1, 0.15) is 24.2 Å². The quantitative estimate of drug-likeness (QED) is 0.524. The molecule has 0 aliphatic carbocycles. The third-order valence-corrected chi connectivity index (χ3v) is 4.07. The molecule has 162 valence electrons. The first-order valence-corrected chi connectivity index (χ1v) is 9.36. The van der Waals surface area contributed by atoms with Gasteiger partial charge in [-0.3, -0.25) is 14.8 Å². The van der Waals surface area contributed by atoms with E-state index in [2.05, 4.69) is 25.7 Å². The van der Waals surface area contributed by atoms with E-state index in [0.717, 1.165) is 0 Å². The molecule has 2 amide bonds. The Morgan fingerprint density at radius 2 is 1.97 bits per heavy atom. The Balaban J connectivity index is 1.98. The normalized spacial score (nSPS) is 10.6. The molecule has 0 spiro atoms. The maximum atomic E-state index is 11.9. The van der Waals surface area contributed by atoms with Gasteiger partial charge in [-0.2, -0.15) is 5.10 Å². The second-order valence-corrected chi connectivity index (χ2v) is 6.81. The van der Waals surface area contributed by atoms with Crippen molar-refractivity contribution in [3.05, 3.63) is 42.4 Å². The van der Waals surface area contributed by atoms with E-state index in [0.29, 0.717) is 28.5 Å². The SMILES string of the molecule is COc1c(Nc2cc(NC(=O)OC(C)C)ncc2C(N)=O)cccc1-c1ncn(C)n1. The number of hydrogen-bond acceptors (Lipinski definition) is 8. The Morgan fingerprint density at radius 3 is 2.58 bits per heavy atom. The van der Waals surface area contributed by atoms with E-state index in [4.69, 9.17) is 15.2 Å². The fourth-order valence-corrected chi connectivity index (χ4v) is 2.81. The molecular formula is C20H23N7O4. The number of carbonyl (C=O) groups excluding carboxylic acids is 2. The molecule has 0 unspecified atom stereocenters. The lowest BCUT2D eigenvalue weighted by atomic mass is 10.1. The van der Waals surface area contributed by atoms with Crippen molar-refractivity contribution in [3.8, 4) is 17.1 Å². The molecule has 3 rings (SSSR count). The van der Waals surface area contributed by atoms with E-state index in [9.17, 15) is 9.59 Å². The predicted octanol–water partition coefficient (Wildman–Crippen LogP) is 2.69. The molecule has 11 nitrogen and oxygen atoms in total. The van der Waals surface area contributed by atoms with Crippen molar-refractivity contribution in [3.63, 3.8) is 0 Å². The van der Waals surface area contributed by atoms with Crippen LogP contribution in [0.5, 0.6) is 5.75 Å². The summed E-state index contributed by atoms with van der Waals surface area (Å²) >= 11 is 0. The summed E-state index contributed by atoms with van der Waals surface area (Å²) < 4.78 is 12.2. The van der Waals surface area contributed by atoms with Gasteiger partial charge in [-0.15, -0.1) is 0 Å². The molecule has 31 heavy (non-hydrogen) atoms. The minimum atomic E-state index is -0.687. The molecule has 2 aromatic heterocycles. The summed E-state index contributed by atoms with van der Waals surface area (Å²) in [5.74, 6) is 0.439. The van der Waals surface area contributed by atoms with Crippen molar-refractivity contribution in [2.24, 2.45) is 12.8 Å². The van der Waals surface area contributed by atoms with Gasteiger partial charge in [0.25, 0.3) is 5.91 Å². The van der Waals surface area contributed by atoms with Crippen LogP contribution in [0.4, 0.5) is 22.0 Å². The van der Waals surface area contributed by atoms with Crippen LogP contribution in [-0.2, 0) is 11.8 Å². The molecular weight excluding hydrogens is 402 g/mol. The highest BCUT2D eigenvalue weighted by Crippen LogP contribution is 2.37. The molecule has 0 radical (unpaired) electrons. The van der Waals surface area contributed by atoms with Crippen LogP contribution < -0.4 is 21.1 Å². The molecule has 0 fully saturated rings. The third-order valence-electron chi connectivity index (χ3n) is 4.07. The van der Waals surface area contributed by atoms with Gasteiger partial charge >= 0.3 is 6.09 Å². The Labute approximate surface area is 178 Å². The summed E-state index contributed by atoms with van der Waals surface area (Å²) in [6, 6.07) is 6.85. The number of carbonyl (C=O) groups is 2. The van der Waals surface area contributed by atoms with Crippen LogP contribution in [0.2, 0.25) is 0 Å². The van der Waals surface area contributed by atoms with Crippen molar-refractivity contribution in [1.29, 1.82) is 0 Å². The molecule has 11 heteroatoms. The highest BCUT2D eigenvalue weighted by Gasteiger charge is 2.18. The number of aryl methyl sites for hydroxylation is 1. The smallest absolute Gasteiger partial charge is 0.413 e. The zero-order valence-electron chi connectivity index (χ0n) is 17.5. The van der Waals surface area contributed by atoms with Crippen LogP contribution in [0.3, 0.4) is 0 Å². The number of ether oxygens (including phenoxy) is 2. The number of pyridine rings is 1. The molecule has 0 aliphatic rings. The highest BCUT2D eigenvalue weighted by molar-refractivity contribution is 6.00. The number of rotatable bonds is 7. The Kier molecular flexibility index (Phi) is 6.34. The molecule has 0 bridgehead atoms. The lowest BCUT2D eigenvalue weighted by Crippen LogP contribution is -2.19. The van der Waals surface area contributed by atoms with Gasteiger partial charge in [-0.05, 0) is 26.0 Å². The maximum Gasteiger partial charge on any atom is 0.413 e. The van der Waals surface area contributed by atoms with Gasteiger partial charge in [-0.25, -0.2) is 14.8 Å². The number of benzene rings is 1. The van der Waals surface area contributed by atoms with Crippen molar-refractivity contribution >= 4 is 29.2 Å². The first kappa shape index (κ1) is 21.6. The monoisotopic (exact) mass is 425 g/mol. The van der Waals surface area contributed by atoms with Gasteiger partial charge in [0.2, 0.25) is 0 Å². The van der Waals surface area contributed by atoms with Crippen LogP contribution in [0, 0.1) is 0 Å². The number of primary amides is 1. The van der Waals surface area contributed by atoms with E-state index in [-0.39, 0.29) is 17.5 Å². The van der Waals surface area contributed by atoms with Crippen LogP contribution in [0.25, 0.3) is 11.4 Å². The average Bonchev–Trinajstić information content (AvgIpc) is 3.13. The number of para-hydroxylation sites is 1. The minimum absolute atomic E-state index is 0.131. The van der Waals surface area contributed by atoms with Gasteiger partial charge in [0, 0.05) is 19.3 Å². The number of methoxy groups -OCH3 is 1. The fourth-order valence-electron chi connectivity index (χ4n) is 2.81. The number of hydrogen-bond donors (Lipinski definition) is 3. The Hall–Kier alpha value is -4.15. The molecule has 3 aromatic rings. The lowest BCUT2D eigenvalue weighted by molar-refractivity contribution is 0.100. The molecule has 4 N–H and O–H groups in total. The van der Waals surface area contributed by atoms with E-state index in [1.54, 1.807) is 44.0 Å². The summed E-state index contributed by atoms with van der Waals surface area (Å²) in [4.78, 5) is 32.1. The van der Waals surface area contributed by atoms with E-state index < -0.39 is 12.0 Å². The van der Waals surface area contributed by atoms with E-state index in [1.807, 2.05) is 6.07 Å². The van der Waals surface area contributed by atoms with Crippen LogP contribution in [-0.4, -0.2) is 45.0 Å². The summed E-state index contributed by atoms with van der Waals surface area (Å²) in [5, 5.41) is 9.95. The van der Waals surface area contributed by atoms with Gasteiger partial charge in [0.15, 0.2) is 11.6 Å². The number of nitrogens with zero attached hydrogens (tertiary/aromatic N) is 4. The Morgan fingerprint density at radius 1 is 1.19 bits per heavy atom. The lowest BCUT2D eigenvalue weighted by Gasteiger charge is -2.16. The Bertz CT molecular complexity index is 1110. The zero-order chi connectivity index (χ0) is 22.5. The molecule has 0 saturated heterocycles. The summed E-state index contributed by atoms with van der Waals surface area (Å²) in [5.41, 5.74) is 7.14. The number of amides is 2. The van der Waals surface area contributed by atoms with Gasteiger partial charge in [0.05, 0.1) is 35.7 Å². The first-order valence-electron chi connectivity index (χ1n) is 9.36. The summed E-state index contributed by atoms with van der Waals surface area (Å²) in [6.45, 7) is 3.46. The molecule has 1 aromatic carbocycles. The maximum absolute atomic E-state index is 11.9. The first-order chi connectivity index (χ1) is 14.8. The summed E-state index contributed by atoms with van der Waals surface area (Å²) in [6.07, 6.45) is 1.89. The minimum Gasteiger partial charge on any atom is -0.494 e. The number of nitrogens with one attached hydrogen (secondary N) is 2. The van der Waals surface area contributed by atoms with Crippen LogP contribution >= 0.6 is 0 Å². The van der Waals surface area contributed by atoms with Crippen molar-refractivity contribution in [2.45, 2.75) is 20.0 Å². The molecule has 0 saturated carbocycles. The summed E-state index contributed by atoms with van der Waals surface area (Å²) in [7, 11) is 3.28. The van der Waals surface area contributed by atoms with E-state index in [1.165, 1.54) is 19.4 Å². The predicted molar refractivity (Wildman–Crippen MR) is 114 cm³/mol. The highest BCUT2D eigenvalue weighted by atomic mass is 16.6. The molecule has 2 heterocycles. The van der Waals surface area contributed by atoms with Crippen molar-refractivity contribution in [2.75, 3.05) is 17.7 Å². The number of aromatic nitrogens is 4. The topological polar surface area (TPSA) is 146 Å². The van der Waals surface area contributed by atoms with Crippen molar-refractivity contribution in [1.82, 2.24) is 19.7 Å². The van der Waals surface area contributed by atoms with Crippen LogP contribution in [0.15, 0.2) is 36.8 Å². The second kappa shape index (κ2) is 9.11. The largest absolute Gasteiger partial charge is 0.494 e. The third kappa shape index (κ3) is 5.07. The second-order valence-electron chi connectivity index (χ2n) is 6.81. The fraction of sp³-hybridized carbons (Fsp3) is 0.250. The number of nitrogens with two attached hydrogens (primary N) is 1. The van der Waals surface area contributed by atoms with Gasteiger partial charge in [0.1, 0.15) is 12.1 Å².